The summed E-state index contributed by atoms with van der Waals surface area (Å²) in [5.74, 6) is 0.991. The third kappa shape index (κ3) is 2.48. The molecule has 0 aromatic carbocycles. The molecule has 1 rings (SSSR count). The SMILES string of the molecule is CC(C)NCc1cnc(N(C)C)n1C. The Morgan fingerprint density at radius 1 is 1.50 bits per heavy atom. The van der Waals surface area contributed by atoms with Crippen molar-refractivity contribution < 1.29 is 0 Å². The van der Waals surface area contributed by atoms with Crippen molar-refractivity contribution in [2.24, 2.45) is 7.05 Å². The molecule has 0 aliphatic carbocycles. The zero-order chi connectivity index (χ0) is 10.7. The molecule has 14 heavy (non-hydrogen) atoms. The van der Waals surface area contributed by atoms with E-state index in [0.717, 1.165) is 12.5 Å². The van der Waals surface area contributed by atoms with Crippen LogP contribution < -0.4 is 10.2 Å². The van der Waals surface area contributed by atoms with Crippen molar-refractivity contribution in [1.29, 1.82) is 0 Å². The monoisotopic (exact) mass is 196 g/mol. The van der Waals surface area contributed by atoms with Gasteiger partial charge in [-0.15, -0.1) is 0 Å². The van der Waals surface area contributed by atoms with Crippen LogP contribution in [0.1, 0.15) is 19.5 Å². The molecule has 4 nitrogen and oxygen atoms in total. The van der Waals surface area contributed by atoms with E-state index in [1.807, 2.05) is 32.2 Å². The van der Waals surface area contributed by atoms with Crippen LogP contribution in [-0.2, 0) is 13.6 Å². The van der Waals surface area contributed by atoms with Crippen molar-refractivity contribution in [3.05, 3.63) is 11.9 Å². The zero-order valence-electron chi connectivity index (χ0n) is 9.70. The number of hydrogen-bond acceptors (Lipinski definition) is 3. The molecule has 0 amide bonds. The van der Waals surface area contributed by atoms with Crippen LogP contribution in [0.2, 0.25) is 0 Å². The van der Waals surface area contributed by atoms with Crippen LogP contribution in [0.25, 0.3) is 0 Å². The Kier molecular flexibility index (Phi) is 3.52. The van der Waals surface area contributed by atoms with Gasteiger partial charge in [0.2, 0.25) is 5.95 Å². The van der Waals surface area contributed by atoms with Crippen LogP contribution >= 0.6 is 0 Å². The average molecular weight is 196 g/mol. The van der Waals surface area contributed by atoms with Gasteiger partial charge in [0.25, 0.3) is 0 Å². The average Bonchev–Trinajstić information content (AvgIpc) is 2.43. The van der Waals surface area contributed by atoms with E-state index < -0.39 is 0 Å². The molecule has 0 aliphatic heterocycles. The fraction of sp³-hybridized carbons (Fsp3) is 0.700. The Morgan fingerprint density at radius 3 is 2.57 bits per heavy atom. The van der Waals surface area contributed by atoms with Gasteiger partial charge >= 0.3 is 0 Å². The van der Waals surface area contributed by atoms with E-state index in [0.29, 0.717) is 6.04 Å². The Labute approximate surface area is 85.9 Å². The number of imidazole rings is 1. The number of anilines is 1. The minimum Gasteiger partial charge on any atom is -0.348 e. The van der Waals surface area contributed by atoms with Crippen molar-refractivity contribution in [2.45, 2.75) is 26.4 Å². The van der Waals surface area contributed by atoms with E-state index in [1.165, 1.54) is 5.69 Å². The third-order valence-electron chi connectivity index (χ3n) is 2.15. The second kappa shape index (κ2) is 4.46. The highest BCUT2D eigenvalue weighted by atomic mass is 15.3. The van der Waals surface area contributed by atoms with Gasteiger partial charge in [0.1, 0.15) is 0 Å². The maximum atomic E-state index is 4.34. The van der Waals surface area contributed by atoms with Crippen molar-refractivity contribution in [3.63, 3.8) is 0 Å². The summed E-state index contributed by atoms with van der Waals surface area (Å²) < 4.78 is 2.11. The molecule has 0 radical (unpaired) electrons. The lowest BCUT2D eigenvalue weighted by molar-refractivity contribution is 0.570. The number of rotatable bonds is 4. The van der Waals surface area contributed by atoms with Crippen LogP contribution in [0.3, 0.4) is 0 Å². The van der Waals surface area contributed by atoms with Gasteiger partial charge in [0.15, 0.2) is 0 Å². The van der Waals surface area contributed by atoms with Crippen LogP contribution in [0.4, 0.5) is 5.95 Å². The van der Waals surface area contributed by atoms with Gasteiger partial charge in [0.05, 0.1) is 11.9 Å². The van der Waals surface area contributed by atoms with Crippen LogP contribution in [-0.4, -0.2) is 29.7 Å². The highest BCUT2D eigenvalue weighted by molar-refractivity contribution is 5.30. The highest BCUT2D eigenvalue weighted by Crippen LogP contribution is 2.10. The Hall–Kier alpha value is -1.03. The molecule has 1 aromatic rings. The van der Waals surface area contributed by atoms with E-state index in [-0.39, 0.29) is 0 Å². The van der Waals surface area contributed by atoms with E-state index in [1.54, 1.807) is 0 Å². The molecule has 1 heterocycles. The quantitative estimate of drug-likeness (QED) is 0.779. The zero-order valence-corrected chi connectivity index (χ0v) is 9.70. The summed E-state index contributed by atoms with van der Waals surface area (Å²) in [6, 6.07) is 0.507. The number of nitrogens with one attached hydrogen (secondary N) is 1. The Balaban J connectivity index is 2.70. The summed E-state index contributed by atoms with van der Waals surface area (Å²) in [6.07, 6.45) is 1.92. The van der Waals surface area contributed by atoms with Crippen LogP contribution in [0, 0.1) is 0 Å². The first kappa shape index (κ1) is 11.0. The summed E-state index contributed by atoms with van der Waals surface area (Å²) in [5.41, 5.74) is 1.21. The van der Waals surface area contributed by atoms with Crippen molar-refractivity contribution in [1.82, 2.24) is 14.9 Å². The van der Waals surface area contributed by atoms with Crippen LogP contribution in [0.5, 0.6) is 0 Å². The Morgan fingerprint density at radius 2 is 2.14 bits per heavy atom. The second-order valence-corrected chi connectivity index (χ2v) is 4.04. The second-order valence-electron chi connectivity index (χ2n) is 4.04. The first-order valence-electron chi connectivity index (χ1n) is 4.93. The first-order chi connectivity index (χ1) is 6.52. The van der Waals surface area contributed by atoms with Gasteiger partial charge in [-0.05, 0) is 0 Å². The molecule has 0 saturated carbocycles. The summed E-state index contributed by atoms with van der Waals surface area (Å²) in [5, 5.41) is 3.38. The van der Waals surface area contributed by atoms with E-state index in [2.05, 4.69) is 28.7 Å². The topological polar surface area (TPSA) is 33.1 Å². The molecule has 0 saturated heterocycles. The summed E-state index contributed by atoms with van der Waals surface area (Å²) in [4.78, 5) is 6.35. The molecule has 0 bridgehead atoms. The molecule has 0 aliphatic rings. The summed E-state index contributed by atoms with van der Waals surface area (Å²) in [6.45, 7) is 5.15. The van der Waals surface area contributed by atoms with Gasteiger partial charge < -0.3 is 14.8 Å². The van der Waals surface area contributed by atoms with Gasteiger partial charge in [-0.2, -0.15) is 0 Å². The summed E-state index contributed by atoms with van der Waals surface area (Å²) in [7, 11) is 6.05. The molecule has 1 N–H and O–H groups in total. The molecule has 80 valence electrons. The van der Waals surface area contributed by atoms with E-state index in [4.69, 9.17) is 0 Å². The third-order valence-corrected chi connectivity index (χ3v) is 2.15. The number of nitrogens with zero attached hydrogens (tertiary/aromatic N) is 3. The molecule has 4 heteroatoms. The normalized spacial score (nSPS) is 11.0. The van der Waals surface area contributed by atoms with Gasteiger partial charge in [-0.1, -0.05) is 13.8 Å². The van der Waals surface area contributed by atoms with Crippen LogP contribution in [0.15, 0.2) is 6.20 Å². The predicted molar refractivity (Wildman–Crippen MR) is 59.5 cm³/mol. The number of hydrogen-bond donors (Lipinski definition) is 1. The maximum absolute atomic E-state index is 4.34. The van der Waals surface area contributed by atoms with Gasteiger partial charge in [-0.25, -0.2) is 4.98 Å². The first-order valence-corrected chi connectivity index (χ1v) is 4.93. The lowest BCUT2D eigenvalue weighted by atomic mass is 10.3. The van der Waals surface area contributed by atoms with Gasteiger partial charge in [0, 0.05) is 33.7 Å². The minimum atomic E-state index is 0.507. The predicted octanol–water partition coefficient (Wildman–Crippen LogP) is 0.984. The molecular weight excluding hydrogens is 176 g/mol. The van der Waals surface area contributed by atoms with Crippen molar-refractivity contribution in [2.75, 3.05) is 19.0 Å². The lowest BCUT2D eigenvalue weighted by Gasteiger charge is -2.13. The molecular formula is C10H20N4. The van der Waals surface area contributed by atoms with Gasteiger partial charge in [-0.3, -0.25) is 0 Å². The lowest BCUT2D eigenvalue weighted by Crippen LogP contribution is -2.23. The highest BCUT2D eigenvalue weighted by Gasteiger charge is 2.07. The maximum Gasteiger partial charge on any atom is 0.204 e. The smallest absolute Gasteiger partial charge is 0.204 e. The van der Waals surface area contributed by atoms with Crippen molar-refractivity contribution >= 4 is 5.95 Å². The fourth-order valence-electron chi connectivity index (χ4n) is 1.32. The van der Waals surface area contributed by atoms with E-state index >= 15 is 0 Å². The molecule has 0 atom stereocenters. The van der Waals surface area contributed by atoms with Crippen molar-refractivity contribution in [3.8, 4) is 0 Å². The molecule has 0 spiro atoms. The molecule has 1 aromatic heterocycles. The fourth-order valence-corrected chi connectivity index (χ4v) is 1.32. The standard InChI is InChI=1S/C10H20N4/c1-8(2)11-6-9-7-12-10(13(3)4)14(9)5/h7-8,11H,6H2,1-5H3. The minimum absolute atomic E-state index is 0.507. The number of aromatic nitrogens is 2. The summed E-state index contributed by atoms with van der Waals surface area (Å²) >= 11 is 0. The largest absolute Gasteiger partial charge is 0.348 e. The molecule has 0 fully saturated rings. The molecule has 0 unspecified atom stereocenters. The Bertz CT molecular complexity index is 288. The van der Waals surface area contributed by atoms with E-state index in [9.17, 15) is 0 Å².